The molecule has 0 aromatic heterocycles. The molecule has 0 radical (unpaired) electrons. The minimum atomic E-state index is -2.09. The summed E-state index contributed by atoms with van der Waals surface area (Å²) in [5.74, 6) is 0. The fourth-order valence-electron chi connectivity index (χ4n) is 0.802. The summed E-state index contributed by atoms with van der Waals surface area (Å²) in [6.07, 6.45) is 1.46. The van der Waals surface area contributed by atoms with Crippen LogP contribution < -0.4 is 5.32 Å². The molecule has 0 saturated carbocycles. The SMILES string of the molecule is C=CCOOP(O)OCl.CC(C)NC(C)C. The lowest BCUT2D eigenvalue weighted by Crippen LogP contribution is -2.29. The van der Waals surface area contributed by atoms with Gasteiger partial charge in [0, 0.05) is 12.1 Å². The first-order valence-corrected chi connectivity index (χ1v) is 6.32. The highest BCUT2D eigenvalue weighted by molar-refractivity contribution is 7.41. The van der Waals surface area contributed by atoms with Crippen molar-refractivity contribution in [2.75, 3.05) is 6.61 Å². The van der Waals surface area contributed by atoms with Gasteiger partial charge in [0.05, 0.1) is 11.9 Å². The second kappa shape index (κ2) is 13.3. The van der Waals surface area contributed by atoms with Crippen molar-refractivity contribution in [3.63, 3.8) is 0 Å². The van der Waals surface area contributed by atoms with E-state index in [1.165, 1.54) is 6.08 Å². The Bertz CT molecular complexity index is 154. The minimum absolute atomic E-state index is 0.180. The lowest BCUT2D eigenvalue weighted by molar-refractivity contribution is -0.201. The molecule has 2 N–H and O–H groups in total. The Morgan fingerprint density at radius 3 is 2.12 bits per heavy atom. The van der Waals surface area contributed by atoms with Crippen LogP contribution in [0.4, 0.5) is 0 Å². The number of halogens is 1. The molecular weight excluding hydrogens is 253 g/mol. The van der Waals surface area contributed by atoms with Crippen molar-refractivity contribution >= 4 is 20.5 Å². The van der Waals surface area contributed by atoms with E-state index in [1.54, 1.807) is 0 Å². The van der Waals surface area contributed by atoms with Crippen molar-refractivity contribution in [1.29, 1.82) is 0 Å². The summed E-state index contributed by atoms with van der Waals surface area (Å²) in [5.41, 5.74) is 0. The zero-order chi connectivity index (χ0) is 13.0. The Balaban J connectivity index is 0. The summed E-state index contributed by atoms with van der Waals surface area (Å²) in [5, 5.41) is 3.31. The van der Waals surface area contributed by atoms with Crippen LogP contribution in [0, 0.1) is 0 Å². The van der Waals surface area contributed by atoms with Crippen molar-refractivity contribution in [2.24, 2.45) is 0 Å². The third-order valence-corrected chi connectivity index (χ3v) is 1.73. The van der Waals surface area contributed by atoms with Crippen molar-refractivity contribution in [3.05, 3.63) is 12.7 Å². The van der Waals surface area contributed by atoms with Gasteiger partial charge >= 0.3 is 8.60 Å². The molecule has 0 amide bonds. The summed E-state index contributed by atoms with van der Waals surface area (Å²) in [7, 11) is -2.09. The standard InChI is InChI=1S/C6H15N.C3H6ClO4P/c1-5(2)7-6(3)4;1-2-3-6-8-9(5)7-4/h5-7H,1-4H3;2,5H,1,3H2. The second-order valence-electron chi connectivity index (χ2n) is 3.43. The van der Waals surface area contributed by atoms with Gasteiger partial charge in [0.1, 0.15) is 6.61 Å². The average molecular weight is 274 g/mol. The maximum absolute atomic E-state index is 8.41. The molecule has 1 atom stereocenters. The molecule has 98 valence electrons. The zero-order valence-corrected chi connectivity index (χ0v) is 11.8. The van der Waals surface area contributed by atoms with Gasteiger partial charge in [0.15, 0.2) is 0 Å². The molecule has 7 heteroatoms. The molecule has 0 aromatic rings. The van der Waals surface area contributed by atoms with Crippen molar-refractivity contribution < 1.29 is 18.5 Å². The van der Waals surface area contributed by atoms with Gasteiger partial charge in [-0.1, -0.05) is 33.8 Å². The maximum Gasteiger partial charge on any atom is 0.377 e. The minimum Gasteiger partial charge on any atom is -0.326 e. The summed E-state index contributed by atoms with van der Waals surface area (Å²) in [6, 6.07) is 1.25. The van der Waals surface area contributed by atoms with Gasteiger partial charge in [-0.25, -0.2) is 4.89 Å². The lowest BCUT2D eigenvalue weighted by atomic mass is 10.3. The van der Waals surface area contributed by atoms with Crippen LogP contribution in [0.1, 0.15) is 27.7 Å². The molecule has 0 fully saturated rings. The van der Waals surface area contributed by atoms with E-state index in [0.29, 0.717) is 12.1 Å². The molecule has 0 rings (SSSR count). The van der Waals surface area contributed by atoms with Crippen molar-refractivity contribution in [3.8, 4) is 0 Å². The van der Waals surface area contributed by atoms with E-state index in [0.717, 1.165) is 0 Å². The van der Waals surface area contributed by atoms with Crippen LogP contribution in [0.15, 0.2) is 12.7 Å². The third-order valence-electron chi connectivity index (χ3n) is 1.03. The van der Waals surface area contributed by atoms with Crippen LogP contribution in [0.25, 0.3) is 0 Å². The predicted molar refractivity (Wildman–Crippen MR) is 66.7 cm³/mol. The molecule has 0 aliphatic heterocycles. The first-order valence-electron chi connectivity index (χ1n) is 4.88. The first-order chi connectivity index (χ1) is 7.43. The molecule has 1 unspecified atom stereocenters. The van der Waals surface area contributed by atoms with Gasteiger partial charge in [-0.2, -0.15) is 8.75 Å². The molecule has 5 nitrogen and oxygen atoms in total. The first kappa shape index (κ1) is 18.6. The Morgan fingerprint density at radius 1 is 1.38 bits per heavy atom. The van der Waals surface area contributed by atoms with Gasteiger partial charge < -0.3 is 10.2 Å². The highest BCUT2D eigenvalue weighted by atomic mass is 35.5. The van der Waals surface area contributed by atoms with Gasteiger partial charge in [0.2, 0.25) is 0 Å². The number of rotatable bonds is 7. The van der Waals surface area contributed by atoms with Gasteiger partial charge in [-0.3, -0.25) is 0 Å². The summed E-state index contributed by atoms with van der Waals surface area (Å²) in [6.45, 7) is 12.1. The van der Waals surface area contributed by atoms with Crippen LogP contribution >= 0.6 is 20.5 Å². The van der Waals surface area contributed by atoms with Crippen molar-refractivity contribution in [2.45, 2.75) is 39.8 Å². The molecule has 0 aliphatic carbocycles. The number of nitrogens with one attached hydrogen (secondary N) is 1. The molecule has 0 aliphatic rings. The predicted octanol–water partition coefficient (Wildman–Crippen LogP) is 2.90. The topological polar surface area (TPSA) is 60.0 Å². The summed E-state index contributed by atoms with van der Waals surface area (Å²) < 4.78 is 7.93. The van der Waals surface area contributed by atoms with Crippen LogP contribution in [-0.2, 0) is 13.6 Å². The molecule has 0 spiro atoms. The second-order valence-corrected chi connectivity index (χ2v) is 4.61. The molecule has 0 heterocycles. The molecular formula is C9H21ClNO4P. The number of hydrogen-bond acceptors (Lipinski definition) is 5. The Kier molecular flexibility index (Phi) is 15.5. The van der Waals surface area contributed by atoms with Crippen LogP contribution in [0.3, 0.4) is 0 Å². The molecule has 0 aromatic carbocycles. The average Bonchev–Trinajstić information content (AvgIpc) is 2.16. The zero-order valence-electron chi connectivity index (χ0n) is 10.1. The fraction of sp³-hybridized carbons (Fsp3) is 0.778. The van der Waals surface area contributed by atoms with E-state index < -0.39 is 8.60 Å². The lowest BCUT2D eigenvalue weighted by Gasteiger charge is -2.10. The Hall–Kier alpha value is 0.260. The Morgan fingerprint density at radius 2 is 1.88 bits per heavy atom. The summed E-state index contributed by atoms with van der Waals surface area (Å²) >= 11 is 4.68. The van der Waals surface area contributed by atoms with Gasteiger partial charge in [-0.05, 0) is 0 Å². The molecule has 16 heavy (non-hydrogen) atoms. The van der Waals surface area contributed by atoms with E-state index in [2.05, 4.69) is 65.1 Å². The number of hydrogen-bond donors (Lipinski definition) is 2. The van der Waals surface area contributed by atoms with Crippen LogP contribution in [0.2, 0.25) is 0 Å². The van der Waals surface area contributed by atoms with Crippen LogP contribution in [-0.4, -0.2) is 23.6 Å². The van der Waals surface area contributed by atoms with E-state index in [1.807, 2.05) is 0 Å². The third kappa shape index (κ3) is 19.8. The van der Waals surface area contributed by atoms with E-state index in [9.17, 15) is 0 Å². The van der Waals surface area contributed by atoms with E-state index in [4.69, 9.17) is 4.89 Å². The summed E-state index contributed by atoms with van der Waals surface area (Å²) in [4.78, 5) is 12.7. The smallest absolute Gasteiger partial charge is 0.326 e. The van der Waals surface area contributed by atoms with Gasteiger partial charge in [0.25, 0.3) is 0 Å². The molecule has 0 saturated heterocycles. The largest absolute Gasteiger partial charge is 0.377 e. The Labute approximate surface area is 104 Å². The highest BCUT2D eigenvalue weighted by Crippen LogP contribution is 2.34. The normalized spacial score (nSPS) is 12.2. The monoisotopic (exact) mass is 273 g/mol. The van der Waals surface area contributed by atoms with E-state index in [-0.39, 0.29) is 6.61 Å². The fourth-order valence-corrected chi connectivity index (χ4v) is 1.04. The van der Waals surface area contributed by atoms with Gasteiger partial charge in [-0.15, -0.1) is 6.58 Å². The van der Waals surface area contributed by atoms with E-state index >= 15 is 0 Å². The maximum atomic E-state index is 8.41. The highest BCUT2D eigenvalue weighted by Gasteiger charge is 2.04. The molecule has 0 bridgehead atoms. The van der Waals surface area contributed by atoms with Crippen molar-refractivity contribution in [1.82, 2.24) is 5.32 Å². The van der Waals surface area contributed by atoms with Crippen LogP contribution in [0.5, 0.6) is 0 Å². The quantitative estimate of drug-likeness (QED) is 0.246.